The van der Waals surface area contributed by atoms with E-state index >= 15 is 0 Å². The molecule has 16 nitrogen and oxygen atoms in total. The minimum absolute atomic E-state index is 0.0849. The van der Waals surface area contributed by atoms with Gasteiger partial charge >= 0.3 is 11.4 Å². The number of benzene rings is 3. The number of hydrogen-bond acceptors (Lipinski definition) is 9. The molecule has 3 aromatic carbocycles. The maximum absolute atomic E-state index is 13.3. The second-order valence-electron chi connectivity index (χ2n) is 18.8. The molecule has 6 heterocycles. The lowest BCUT2D eigenvalue weighted by Gasteiger charge is -2.16. The van der Waals surface area contributed by atoms with Crippen LogP contribution in [0.2, 0.25) is 0 Å². The second-order valence-corrected chi connectivity index (χ2v) is 18.8. The summed E-state index contributed by atoms with van der Waals surface area (Å²) in [5.74, 6) is 2.08. The monoisotopic (exact) mass is 942 g/mol. The normalized spacial score (nSPS) is 12.9. The Morgan fingerprint density at radius 2 is 1.19 bits per heavy atom. The zero-order chi connectivity index (χ0) is 49.1. The Hall–Kier alpha value is -8.01. The highest BCUT2D eigenvalue weighted by Crippen LogP contribution is 2.33. The predicted octanol–water partition coefficient (Wildman–Crippen LogP) is 8.17. The van der Waals surface area contributed by atoms with Crippen LogP contribution in [0.5, 0.6) is 17.5 Å². The second kappa shape index (κ2) is 20.3. The van der Waals surface area contributed by atoms with Crippen molar-refractivity contribution in [2.75, 3.05) is 0 Å². The van der Waals surface area contributed by atoms with Gasteiger partial charge < -0.3 is 18.6 Å². The average Bonchev–Trinajstić information content (AvgIpc) is 4.21. The Labute approximate surface area is 404 Å². The predicted molar refractivity (Wildman–Crippen MR) is 271 cm³/mol. The summed E-state index contributed by atoms with van der Waals surface area (Å²) < 4.78 is 24.1. The van der Waals surface area contributed by atoms with Gasteiger partial charge in [-0.25, -0.2) is 19.3 Å². The van der Waals surface area contributed by atoms with E-state index in [0.29, 0.717) is 65.5 Å². The third-order valence-electron chi connectivity index (χ3n) is 12.5. The van der Waals surface area contributed by atoms with Crippen LogP contribution in [-0.4, -0.2) is 53.3 Å². The zero-order valence-electron chi connectivity index (χ0n) is 40.4. The molecule has 70 heavy (non-hydrogen) atoms. The molecule has 1 aliphatic carbocycles. The fraction of sp³-hybridized carbons (Fsp3) is 0.315. The van der Waals surface area contributed by atoms with Gasteiger partial charge in [-0.1, -0.05) is 88.4 Å². The van der Waals surface area contributed by atoms with Gasteiger partial charge in [-0.15, -0.1) is 0 Å². The highest BCUT2D eigenvalue weighted by atomic mass is 16.5. The lowest BCUT2D eigenvalue weighted by Crippen LogP contribution is -2.38. The number of para-hydroxylation sites is 1. The van der Waals surface area contributed by atoms with Crippen LogP contribution in [0.3, 0.4) is 0 Å². The maximum Gasteiger partial charge on any atom is 0.331 e. The van der Waals surface area contributed by atoms with Crippen molar-refractivity contribution >= 4 is 21.8 Å². The summed E-state index contributed by atoms with van der Waals surface area (Å²) in [4.78, 5) is 61.0. The van der Waals surface area contributed by atoms with Crippen LogP contribution < -0.4 is 32.0 Å². The van der Waals surface area contributed by atoms with Gasteiger partial charge in [0.2, 0.25) is 11.8 Å². The minimum Gasteiger partial charge on any atom is -0.475 e. The van der Waals surface area contributed by atoms with Gasteiger partial charge in [0, 0.05) is 51.3 Å². The number of aromatic nitrogens is 10. The Morgan fingerprint density at radius 3 is 1.71 bits per heavy atom. The summed E-state index contributed by atoms with van der Waals surface area (Å²) in [5.41, 5.74) is 4.83. The summed E-state index contributed by atoms with van der Waals surface area (Å²) in [6.07, 6.45) is 13.0. The summed E-state index contributed by atoms with van der Waals surface area (Å²) in [5, 5.41) is 5.05. The molecule has 360 valence electrons. The molecule has 6 aromatic heterocycles. The van der Waals surface area contributed by atoms with Crippen molar-refractivity contribution < 1.29 is 9.47 Å². The number of rotatable bonds is 14. The third-order valence-corrected chi connectivity index (χ3v) is 12.5. The molecule has 1 saturated carbocycles. The molecule has 0 saturated heterocycles. The standard InChI is InChI=1S/C29H28N4O3.C25H30N6O3/c1-20(2)17-33-25-19-32(18-21-12-14-22(15-13-21)24-11-7-8-16-30-24)28(36-23-9-5-4-6-10-23)26(25)27(34)31(3)29(33)35;1-17(2)12-30-21-14-29(13-18-8-10-19(11-9-18)31-16-26-15-27-31)24(34-20-6-4-5-7-20)22(21)23(32)28(3)25(30)33/h4-16,19-20H,17-18H2,1-3H3;8-11,14-17,20H,4-7,12-13H2,1-3H3. The van der Waals surface area contributed by atoms with Crippen LogP contribution >= 0.6 is 0 Å². The van der Waals surface area contributed by atoms with E-state index in [9.17, 15) is 19.2 Å². The van der Waals surface area contributed by atoms with Crippen LogP contribution in [-0.2, 0) is 40.3 Å². The van der Waals surface area contributed by atoms with Crippen molar-refractivity contribution in [2.24, 2.45) is 25.9 Å². The van der Waals surface area contributed by atoms with Crippen LogP contribution in [0.25, 0.3) is 38.8 Å². The molecule has 10 rings (SSSR count). The Morgan fingerprint density at radius 1 is 0.643 bits per heavy atom. The van der Waals surface area contributed by atoms with E-state index in [4.69, 9.17) is 9.47 Å². The number of nitrogens with zero attached hydrogens (tertiary/aromatic N) is 10. The summed E-state index contributed by atoms with van der Waals surface area (Å²) in [6, 6.07) is 31.4. The molecule has 0 N–H and O–H groups in total. The fourth-order valence-electron chi connectivity index (χ4n) is 9.06. The van der Waals surface area contributed by atoms with E-state index in [1.54, 1.807) is 33.4 Å². The molecule has 1 aliphatic rings. The van der Waals surface area contributed by atoms with E-state index in [2.05, 4.69) is 28.9 Å². The number of ether oxygens (including phenoxy) is 2. The smallest absolute Gasteiger partial charge is 0.331 e. The fourth-order valence-corrected chi connectivity index (χ4v) is 9.06. The van der Waals surface area contributed by atoms with Gasteiger partial charge in [0.15, 0.2) is 0 Å². The van der Waals surface area contributed by atoms with E-state index in [-0.39, 0.29) is 40.4 Å². The molecule has 0 atom stereocenters. The molecule has 9 aromatic rings. The molecule has 0 unspecified atom stereocenters. The van der Waals surface area contributed by atoms with Crippen molar-refractivity contribution in [2.45, 2.75) is 85.7 Å². The van der Waals surface area contributed by atoms with E-state index in [1.807, 2.05) is 132 Å². The highest BCUT2D eigenvalue weighted by molar-refractivity contribution is 5.85. The van der Waals surface area contributed by atoms with Gasteiger partial charge in [-0.05, 0) is 85.0 Å². The molecular weight excluding hydrogens is 885 g/mol. The topological polar surface area (TPSA) is 160 Å². The molecule has 0 spiro atoms. The van der Waals surface area contributed by atoms with Crippen molar-refractivity contribution in [1.29, 1.82) is 0 Å². The first-order chi connectivity index (χ1) is 33.8. The Balaban J connectivity index is 0.000000174. The van der Waals surface area contributed by atoms with Gasteiger partial charge in [0.25, 0.3) is 11.1 Å². The molecule has 16 heteroatoms. The van der Waals surface area contributed by atoms with Crippen LogP contribution in [0.4, 0.5) is 0 Å². The van der Waals surface area contributed by atoms with E-state index in [0.717, 1.165) is 58.3 Å². The third kappa shape index (κ3) is 9.79. The van der Waals surface area contributed by atoms with E-state index < -0.39 is 0 Å². The van der Waals surface area contributed by atoms with Crippen LogP contribution in [0.1, 0.15) is 64.5 Å². The van der Waals surface area contributed by atoms with Crippen molar-refractivity contribution in [3.8, 4) is 34.5 Å². The first kappa shape index (κ1) is 47.1. The van der Waals surface area contributed by atoms with Gasteiger partial charge in [0.05, 0.1) is 35.5 Å². The SMILES string of the molecule is CC(C)Cn1c(=O)n(C)c(=O)c2c(OC3CCCC3)n(Cc3ccc(-n4cncn4)cc3)cc21.CC(C)Cn1c(=O)n(C)c(=O)c2c(Oc3ccccc3)n(Cc3ccc(-c4ccccn4)cc3)cc21. The number of pyridine rings is 1. The Kier molecular flexibility index (Phi) is 13.6. The molecule has 0 bridgehead atoms. The molecule has 0 aliphatic heterocycles. The molecule has 0 radical (unpaired) electrons. The van der Waals surface area contributed by atoms with E-state index in [1.165, 1.54) is 17.9 Å². The van der Waals surface area contributed by atoms with Crippen molar-refractivity contribution in [3.63, 3.8) is 0 Å². The molecule has 1 fully saturated rings. The van der Waals surface area contributed by atoms with Crippen molar-refractivity contribution in [3.05, 3.63) is 181 Å². The number of fused-ring (bicyclic) bond motifs is 2. The van der Waals surface area contributed by atoms with Crippen LogP contribution in [0, 0.1) is 11.8 Å². The first-order valence-corrected chi connectivity index (χ1v) is 23.8. The largest absolute Gasteiger partial charge is 0.475 e. The van der Waals surface area contributed by atoms with Gasteiger partial charge in [-0.2, -0.15) is 5.10 Å². The first-order valence-electron chi connectivity index (χ1n) is 23.8. The lowest BCUT2D eigenvalue weighted by atomic mass is 10.1. The lowest BCUT2D eigenvalue weighted by molar-refractivity contribution is 0.196. The van der Waals surface area contributed by atoms with Gasteiger partial charge in [0.1, 0.15) is 35.3 Å². The van der Waals surface area contributed by atoms with Gasteiger partial charge in [-0.3, -0.25) is 32.8 Å². The maximum atomic E-state index is 13.3. The quantitative estimate of drug-likeness (QED) is 0.105. The number of hydrogen-bond donors (Lipinski definition) is 0. The summed E-state index contributed by atoms with van der Waals surface area (Å²) >= 11 is 0. The van der Waals surface area contributed by atoms with Crippen LogP contribution in [0.15, 0.2) is 147 Å². The Bertz CT molecular complexity index is 3490. The summed E-state index contributed by atoms with van der Waals surface area (Å²) in [6.45, 7) is 10.2. The zero-order valence-corrected chi connectivity index (χ0v) is 40.4. The van der Waals surface area contributed by atoms with Crippen molar-refractivity contribution in [1.82, 2.24) is 47.2 Å². The summed E-state index contributed by atoms with van der Waals surface area (Å²) in [7, 11) is 3.06. The minimum atomic E-state index is -0.370. The average molecular weight is 943 g/mol. The molecule has 0 amide bonds. The highest BCUT2D eigenvalue weighted by Gasteiger charge is 2.26. The molecular formula is C54H58N10O6.